The summed E-state index contributed by atoms with van der Waals surface area (Å²) in [5, 5.41) is 22.3. The summed E-state index contributed by atoms with van der Waals surface area (Å²) in [6, 6.07) is 18.1. The molecule has 0 heterocycles. The number of carboxylic acids is 1. The summed E-state index contributed by atoms with van der Waals surface area (Å²) >= 11 is 11.7. The largest absolute Gasteiger partial charge is 0.507 e. The number of nitrogens with one attached hydrogen (secondary N) is 1. The molecule has 4 aromatic rings. The molecule has 0 saturated carbocycles. The molecule has 0 aliphatic heterocycles. The molecule has 1 unspecified atom stereocenters. The van der Waals surface area contributed by atoms with E-state index in [1.54, 1.807) is 30.3 Å². The molecule has 9 heteroatoms. The Hall–Kier alpha value is -3.94. The predicted octanol–water partition coefficient (Wildman–Crippen LogP) is 6.74. The molecule has 3 N–H and O–H groups in total. The fourth-order valence-electron chi connectivity index (χ4n) is 3.75. The van der Waals surface area contributed by atoms with Crippen molar-refractivity contribution in [2.75, 3.05) is 0 Å². The number of benzene rings is 4. The van der Waals surface area contributed by atoms with Crippen LogP contribution in [0.25, 0.3) is 22.3 Å². The van der Waals surface area contributed by atoms with E-state index in [-0.39, 0.29) is 27.8 Å². The van der Waals surface area contributed by atoms with Gasteiger partial charge in [0.15, 0.2) is 0 Å². The number of aliphatic carboxylic acids is 1. The Morgan fingerprint density at radius 3 is 1.78 bits per heavy atom. The Morgan fingerprint density at radius 1 is 0.757 bits per heavy atom. The third-order valence-electron chi connectivity index (χ3n) is 5.74. The van der Waals surface area contributed by atoms with E-state index in [1.807, 2.05) is 0 Å². The van der Waals surface area contributed by atoms with E-state index in [0.717, 1.165) is 5.56 Å². The van der Waals surface area contributed by atoms with Gasteiger partial charge >= 0.3 is 5.97 Å². The highest BCUT2D eigenvalue weighted by Gasteiger charge is 2.23. The van der Waals surface area contributed by atoms with Crippen LogP contribution in [0.1, 0.15) is 15.9 Å². The second kappa shape index (κ2) is 11.0. The molecule has 4 rings (SSSR count). The van der Waals surface area contributed by atoms with Gasteiger partial charge in [-0.05, 0) is 64.2 Å². The van der Waals surface area contributed by atoms with E-state index in [2.05, 4.69) is 5.32 Å². The lowest BCUT2D eigenvalue weighted by Crippen LogP contribution is -2.42. The molecule has 0 fully saturated rings. The highest BCUT2D eigenvalue weighted by molar-refractivity contribution is 6.31. The van der Waals surface area contributed by atoms with Crippen LogP contribution in [0, 0.1) is 11.6 Å². The van der Waals surface area contributed by atoms with Crippen LogP contribution in [0.5, 0.6) is 5.75 Å². The monoisotopic (exact) mass is 541 g/mol. The topological polar surface area (TPSA) is 86.6 Å². The second-order valence-corrected chi connectivity index (χ2v) is 9.07. The number of carboxylic acid groups (broad SMARTS) is 1. The standard InChI is InChI=1S/C28H19Cl2F2NO4/c29-21-13-18(5-8-23(21)31)16-3-1-15(2-4-16)11-25(28(36)37)33-27(35)20-12-17(7-10-26(20)34)19-6-9-24(32)22(30)14-19/h1-10,12-14,25,34H,11H2,(H,33,35)(H,36,37). The van der Waals surface area contributed by atoms with E-state index in [9.17, 15) is 28.6 Å². The summed E-state index contributed by atoms with van der Waals surface area (Å²) in [6.45, 7) is 0. The van der Waals surface area contributed by atoms with Gasteiger partial charge in [0.25, 0.3) is 5.91 Å². The third-order valence-corrected chi connectivity index (χ3v) is 6.32. The normalized spacial score (nSPS) is 11.7. The Balaban J connectivity index is 1.51. The maximum atomic E-state index is 13.5. The van der Waals surface area contributed by atoms with Crippen molar-refractivity contribution >= 4 is 35.1 Å². The fraction of sp³-hybridized carbons (Fsp3) is 0.0714. The molecular formula is C28H19Cl2F2NO4. The maximum Gasteiger partial charge on any atom is 0.326 e. The van der Waals surface area contributed by atoms with Gasteiger partial charge in [-0.15, -0.1) is 0 Å². The van der Waals surface area contributed by atoms with E-state index in [1.165, 1.54) is 48.5 Å². The van der Waals surface area contributed by atoms with Crippen LogP contribution in [-0.2, 0) is 11.2 Å². The first-order chi connectivity index (χ1) is 17.6. The third kappa shape index (κ3) is 6.07. The van der Waals surface area contributed by atoms with Gasteiger partial charge < -0.3 is 15.5 Å². The molecule has 0 aliphatic rings. The molecule has 0 bridgehead atoms. The van der Waals surface area contributed by atoms with Gasteiger partial charge in [0.2, 0.25) is 0 Å². The lowest BCUT2D eigenvalue weighted by atomic mass is 9.99. The summed E-state index contributed by atoms with van der Waals surface area (Å²) in [7, 11) is 0. The second-order valence-electron chi connectivity index (χ2n) is 8.26. The quantitative estimate of drug-likeness (QED) is 0.242. The lowest BCUT2D eigenvalue weighted by Gasteiger charge is -2.16. The van der Waals surface area contributed by atoms with Crippen LogP contribution in [-0.4, -0.2) is 28.1 Å². The molecule has 5 nitrogen and oxygen atoms in total. The molecule has 1 atom stereocenters. The number of hydrogen-bond acceptors (Lipinski definition) is 3. The minimum absolute atomic E-state index is 0.00919. The van der Waals surface area contributed by atoms with Crippen LogP contribution in [0.15, 0.2) is 78.9 Å². The van der Waals surface area contributed by atoms with Gasteiger partial charge in [0.1, 0.15) is 23.4 Å². The average Bonchev–Trinajstić information content (AvgIpc) is 2.87. The van der Waals surface area contributed by atoms with Crippen molar-refractivity contribution in [3.05, 3.63) is 112 Å². The smallest absolute Gasteiger partial charge is 0.326 e. The molecule has 4 aromatic carbocycles. The van der Waals surface area contributed by atoms with Crippen molar-refractivity contribution in [2.24, 2.45) is 0 Å². The minimum Gasteiger partial charge on any atom is -0.507 e. The number of halogens is 4. The Bertz CT molecular complexity index is 1490. The van der Waals surface area contributed by atoms with Crippen molar-refractivity contribution in [2.45, 2.75) is 12.5 Å². The first-order valence-electron chi connectivity index (χ1n) is 11.0. The summed E-state index contributed by atoms with van der Waals surface area (Å²) in [5.74, 6) is -3.52. The number of carbonyl (C=O) groups excluding carboxylic acids is 1. The fourth-order valence-corrected chi connectivity index (χ4v) is 4.12. The summed E-state index contributed by atoms with van der Waals surface area (Å²) < 4.78 is 26.9. The Morgan fingerprint density at radius 2 is 1.24 bits per heavy atom. The molecule has 0 saturated heterocycles. The number of amides is 1. The lowest BCUT2D eigenvalue weighted by molar-refractivity contribution is -0.139. The van der Waals surface area contributed by atoms with E-state index in [4.69, 9.17) is 23.2 Å². The Labute approximate surface area is 220 Å². The molecule has 0 aromatic heterocycles. The first kappa shape index (κ1) is 26.1. The van der Waals surface area contributed by atoms with Crippen molar-refractivity contribution in [1.82, 2.24) is 5.32 Å². The van der Waals surface area contributed by atoms with Crippen LogP contribution in [0.2, 0.25) is 10.0 Å². The van der Waals surface area contributed by atoms with E-state index >= 15 is 0 Å². The van der Waals surface area contributed by atoms with Crippen molar-refractivity contribution < 1.29 is 28.6 Å². The molecule has 0 aliphatic carbocycles. The first-order valence-corrected chi connectivity index (χ1v) is 11.7. The number of phenols is 1. The van der Waals surface area contributed by atoms with Gasteiger partial charge in [0.05, 0.1) is 15.6 Å². The average molecular weight is 542 g/mol. The minimum atomic E-state index is -1.29. The highest BCUT2D eigenvalue weighted by Crippen LogP contribution is 2.29. The van der Waals surface area contributed by atoms with Gasteiger partial charge in [-0.1, -0.05) is 65.7 Å². The molecule has 37 heavy (non-hydrogen) atoms. The zero-order valence-electron chi connectivity index (χ0n) is 19.0. The van der Waals surface area contributed by atoms with Gasteiger partial charge in [-0.3, -0.25) is 4.79 Å². The number of rotatable bonds is 7. The van der Waals surface area contributed by atoms with E-state index < -0.39 is 29.6 Å². The van der Waals surface area contributed by atoms with Crippen LogP contribution >= 0.6 is 23.2 Å². The number of phenolic OH excluding ortho intramolecular Hbond substituents is 1. The summed E-state index contributed by atoms with van der Waals surface area (Å²) in [6.07, 6.45) is -0.0282. The number of carbonyl (C=O) groups is 2. The molecular weight excluding hydrogens is 523 g/mol. The van der Waals surface area contributed by atoms with Crippen LogP contribution in [0.3, 0.4) is 0 Å². The zero-order valence-corrected chi connectivity index (χ0v) is 20.5. The van der Waals surface area contributed by atoms with Gasteiger partial charge in [0, 0.05) is 6.42 Å². The number of aromatic hydroxyl groups is 1. The number of hydrogen-bond donors (Lipinski definition) is 3. The molecule has 0 spiro atoms. The molecule has 188 valence electrons. The van der Waals surface area contributed by atoms with Gasteiger partial charge in [-0.25, -0.2) is 13.6 Å². The summed E-state index contributed by atoms with van der Waals surface area (Å²) in [5.41, 5.74) is 2.92. The van der Waals surface area contributed by atoms with E-state index in [0.29, 0.717) is 22.3 Å². The van der Waals surface area contributed by atoms with Crippen molar-refractivity contribution in [1.29, 1.82) is 0 Å². The maximum absolute atomic E-state index is 13.5. The van der Waals surface area contributed by atoms with Crippen molar-refractivity contribution in [3.63, 3.8) is 0 Å². The van der Waals surface area contributed by atoms with Crippen molar-refractivity contribution in [3.8, 4) is 28.0 Å². The predicted molar refractivity (Wildman–Crippen MR) is 138 cm³/mol. The van der Waals surface area contributed by atoms with Gasteiger partial charge in [-0.2, -0.15) is 0 Å². The SMILES string of the molecule is O=C(NC(Cc1ccc(-c2ccc(F)c(Cl)c2)cc1)C(=O)O)c1cc(-c2ccc(F)c(Cl)c2)ccc1O. The Kier molecular flexibility index (Phi) is 7.76. The summed E-state index contributed by atoms with van der Waals surface area (Å²) in [4.78, 5) is 24.8. The molecule has 1 amide bonds. The molecule has 0 radical (unpaired) electrons. The van der Waals surface area contributed by atoms with Crippen LogP contribution in [0.4, 0.5) is 8.78 Å². The van der Waals surface area contributed by atoms with Crippen LogP contribution < -0.4 is 5.32 Å². The zero-order chi connectivity index (χ0) is 26.7. The highest BCUT2D eigenvalue weighted by atomic mass is 35.5.